The first-order valence-corrected chi connectivity index (χ1v) is 12.8. The second-order valence-corrected chi connectivity index (χ2v) is 10.1. The van der Waals surface area contributed by atoms with E-state index in [1.807, 2.05) is 18.2 Å². The number of benzene rings is 1. The first kappa shape index (κ1) is 23.1. The van der Waals surface area contributed by atoms with Gasteiger partial charge in [-0.1, -0.05) is 62.3 Å². The minimum absolute atomic E-state index is 0.262. The summed E-state index contributed by atoms with van der Waals surface area (Å²) in [5.74, 6) is 1.63. The van der Waals surface area contributed by atoms with Crippen LogP contribution in [0.4, 0.5) is 0 Å². The van der Waals surface area contributed by atoms with Gasteiger partial charge < -0.3 is 9.64 Å². The molecule has 0 spiro atoms. The zero-order valence-corrected chi connectivity index (χ0v) is 19.7. The van der Waals surface area contributed by atoms with E-state index in [4.69, 9.17) is 4.74 Å². The number of methoxy groups -OCH3 is 1. The van der Waals surface area contributed by atoms with Gasteiger partial charge in [-0.2, -0.15) is 0 Å². The summed E-state index contributed by atoms with van der Waals surface area (Å²) >= 11 is 0. The van der Waals surface area contributed by atoms with Gasteiger partial charge in [0.25, 0.3) is 0 Å². The number of carbonyl (C=O) groups excluding carboxylic acids is 2. The molecule has 0 radical (unpaired) electrons. The third-order valence-electron chi connectivity index (χ3n) is 8.00. The highest BCUT2D eigenvalue weighted by molar-refractivity contribution is 5.90. The number of likely N-dealkylation sites (tertiary alicyclic amines) is 1. The first-order valence-electron chi connectivity index (χ1n) is 12.8. The zero-order chi connectivity index (χ0) is 22.3. The maximum Gasteiger partial charge on any atom is 0.337 e. The van der Waals surface area contributed by atoms with Gasteiger partial charge in [0.2, 0.25) is 5.91 Å². The number of esters is 1. The number of hydrogen-bond acceptors (Lipinski definition) is 3. The van der Waals surface area contributed by atoms with Crippen LogP contribution in [0.5, 0.6) is 0 Å². The summed E-state index contributed by atoms with van der Waals surface area (Å²) in [6.45, 7) is 1.66. The highest BCUT2D eigenvalue weighted by atomic mass is 16.5. The average molecular weight is 438 g/mol. The van der Waals surface area contributed by atoms with E-state index in [0.717, 1.165) is 31.5 Å². The normalized spacial score (nSPS) is 20.9. The predicted molar refractivity (Wildman–Crippen MR) is 128 cm³/mol. The molecule has 32 heavy (non-hydrogen) atoms. The molecule has 1 aliphatic heterocycles. The Labute approximate surface area is 193 Å². The lowest BCUT2D eigenvalue weighted by molar-refractivity contribution is -0.141. The minimum Gasteiger partial charge on any atom is -0.465 e. The number of rotatable bonds is 5. The molecule has 2 aliphatic carbocycles. The predicted octanol–water partition coefficient (Wildman–Crippen LogP) is 6.26. The lowest BCUT2D eigenvalue weighted by atomic mass is 9.69. The van der Waals surface area contributed by atoms with Crippen LogP contribution in [0.15, 0.2) is 29.8 Å². The summed E-state index contributed by atoms with van der Waals surface area (Å²) < 4.78 is 4.84. The van der Waals surface area contributed by atoms with Crippen LogP contribution < -0.4 is 0 Å². The van der Waals surface area contributed by atoms with Gasteiger partial charge in [-0.05, 0) is 68.1 Å². The molecule has 1 aromatic carbocycles. The molecular formula is C28H39NO3. The van der Waals surface area contributed by atoms with Crippen molar-refractivity contribution in [3.05, 3.63) is 41.0 Å². The molecule has 0 bridgehead atoms. The molecule has 4 nitrogen and oxygen atoms in total. The monoisotopic (exact) mass is 437 g/mol. The summed E-state index contributed by atoms with van der Waals surface area (Å²) in [5, 5.41) is 0. The Balaban J connectivity index is 1.41. The van der Waals surface area contributed by atoms with Crippen LogP contribution in [-0.2, 0) is 9.53 Å². The van der Waals surface area contributed by atoms with Crippen molar-refractivity contribution in [1.82, 2.24) is 4.90 Å². The van der Waals surface area contributed by atoms with E-state index in [1.165, 1.54) is 76.9 Å². The van der Waals surface area contributed by atoms with E-state index in [9.17, 15) is 9.59 Å². The molecule has 0 unspecified atom stereocenters. The molecule has 1 heterocycles. The number of hydrogen-bond donors (Lipinski definition) is 0. The van der Waals surface area contributed by atoms with Crippen molar-refractivity contribution in [3.8, 4) is 0 Å². The highest BCUT2D eigenvalue weighted by Crippen LogP contribution is 2.41. The van der Waals surface area contributed by atoms with Crippen LogP contribution in [0.2, 0.25) is 0 Å². The molecule has 1 amide bonds. The van der Waals surface area contributed by atoms with E-state index in [0.29, 0.717) is 23.3 Å². The summed E-state index contributed by atoms with van der Waals surface area (Å²) in [7, 11) is 1.41. The smallest absolute Gasteiger partial charge is 0.337 e. The number of amides is 1. The number of nitrogens with zero attached hydrogens (tertiary/aromatic N) is 1. The fourth-order valence-electron chi connectivity index (χ4n) is 6.25. The molecule has 0 atom stereocenters. The second-order valence-electron chi connectivity index (χ2n) is 10.1. The van der Waals surface area contributed by atoms with Crippen LogP contribution in [0.1, 0.15) is 93.0 Å². The van der Waals surface area contributed by atoms with Crippen LogP contribution in [-0.4, -0.2) is 37.0 Å². The fraction of sp³-hybridized carbons (Fsp3) is 0.643. The lowest BCUT2D eigenvalue weighted by Crippen LogP contribution is -2.45. The zero-order valence-electron chi connectivity index (χ0n) is 19.7. The molecule has 1 saturated heterocycles. The van der Waals surface area contributed by atoms with Gasteiger partial charge in [-0.3, -0.25) is 4.79 Å². The molecule has 3 fully saturated rings. The van der Waals surface area contributed by atoms with Gasteiger partial charge in [0.1, 0.15) is 0 Å². The number of ether oxygens (including phenoxy) is 1. The Kier molecular flexibility index (Phi) is 8.05. The molecule has 174 valence electrons. The minimum atomic E-state index is -0.304. The Bertz CT molecular complexity index is 790. The summed E-state index contributed by atoms with van der Waals surface area (Å²) in [4.78, 5) is 27.8. The first-order chi connectivity index (χ1) is 15.7. The van der Waals surface area contributed by atoms with Crippen LogP contribution in [0.3, 0.4) is 0 Å². The Morgan fingerprint density at radius 3 is 2.09 bits per heavy atom. The summed E-state index contributed by atoms with van der Waals surface area (Å²) in [5.41, 5.74) is 2.98. The standard InChI is InChI=1S/C28H39NO3/c1-32-28(31)25-14-8-9-22(20-25)19-21-15-17-29(18-16-21)27(30)26(23-10-4-2-5-11-23)24-12-6-3-7-13-24/h8-9,14,19-20,23-24,26H,2-7,10-13,15-18H2,1H3. The van der Waals surface area contributed by atoms with Gasteiger partial charge in [-0.15, -0.1) is 0 Å². The number of carbonyl (C=O) groups is 2. The van der Waals surface area contributed by atoms with Crippen molar-refractivity contribution < 1.29 is 14.3 Å². The lowest BCUT2D eigenvalue weighted by Gasteiger charge is -2.40. The largest absolute Gasteiger partial charge is 0.465 e. The average Bonchev–Trinajstić information content (AvgIpc) is 2.85. The van der Waals surface area contributed by atoms with Crippen molar-refractivity contribution in [2.75, 3.05) is 20.2 Å². The van der Waals surface area contributed by atoms with Crippen molar-refractivity contribution in [1.29, 1.82) is 0 Å². The Hall–Kier alpha value is -2.10. The quantitative estimate of drug-likeness (QED) is 0.511. The molecule has 1 aromatic rings. The molecule has 0 aromatic heterocycles. The second kappa shape index (κ2) is 11.2. The van der Waals surface area contributed by atoms with Gasteiger partial charge in [0.05, 0.1) is 12.7 Å². The fourth-order valence-corrected chi connectivity index (χ4v) is 6.25. The SMILES string of the molecule is COC(=O)c1cccc(C=C2CCN(C(=O)C(C3CCCCC3)C3CCCCC3)CC2)c1. The van der Waals surface area contributed by atoms with E-state index < -0.39 is 0 Å². The van der Waals surface area contributed by atoms with E-state index in [1.54, 1.807) is 6.07 Å². The van der Waals surface area contributed by atoms with E-state index in [-0.39, 0.29) is 11.9 Å². The maximum absolute atomic E-state index is 13.8. The van der Waals surface area contributed by atoms with Crippen molar-refractivity contribution in [2.45, 2.75) is 77.0 Å². The van der Waals surface area contributed by atoms with Gasteiger partial charge in [0, 0.05) is 19.0 Å². The van der Waals surface area contributed by atoms with Gasteiger partial charge >= 0.3 is 5.97 Å². The van der Waals surface area contributed by atoms with Crippen LogP contribution >= 0.6 is 0 Å². The molecule has 2 saturated carbocycles. The topological polar surface area (TPSA) is 46.6 Å². The molecule has 0 N–H and O–H groups in total. The van der Waals surface area contributed by atoms with E-state index in [2.05, 4.69) is 11.0 Å². The highest BCUT2D eigenvalue weighted by Gasteiger charge is 2.38. The van der Waals surface area contributed by atoms with Gasteiger partial charge in [-0.25, -0.2) is 4.79 Å². The third kappa shape index (κ3) is 5.63. The van der Waals surface area contributed by atoms with Crippen LogP contribution in [0, 0.1) is 17.8 Å². The van der Waals surface area contributed by atoms with Crippen molar-refractivity contribution in [2.24, 2.45) is 17.8 Å². The molecule has 4 rings (SSSR count). The Morgan fingerprint density at radius 2 is 1.53 bits per heavy atom. The van der Waals surface area contributed by atoms with Crippen molar-refractivity contribution >= 4 is 18.0 Å². The Morgan fingerprint density at radius 1 is 0.938 bits per heavy atom. The number of piperidine rings is 1. The maximum atomic E-state index is 13.8. The molecule has 4 heteroatoms. The van der Waals surface area contributed by atoms with Crippen LogP contribution in [0.25, 0.3) is 6.08 Å². The molecule has 3 aliphatic rings. The van der Waals surface area contributed by atoms with Crippen molar-refractivity contribution in [3.63, 3.8) is 0 Å². The van der Waals surface area contributed by atoms with E-state index >= 15 is 0 Å². The van der Waals surface area contributed by atoms with Gasteiger partial charge in [0.15, 0.2) is 0 Å². The third-order valence-corrected chi connectivity index (χ3v) is 8.00. The summed E-state index contributed by atoms with van der Waals surface area (Å²) in [6.07, 6.45) is 17.0. The molecular weight excluding hydrogens is 398 g/mol. The summed E-state index contributed by atoms with van der Waals surface area (Å²) in [6, 6.07) is 7.60.